The van der Waals surface area contributed by atoms with Crippen LogP contribution in [0.15, 0.2) is 59.7 Å². The number of amides is 2. The summed E-state index contributed by atoms with van der Waals surface area (Å²) in [7, 11) is 0. The van der Waals surface area contributed by atoms with Gasteiger partial charge in [0.15, 0.2) is 0 Å². The minimum Gasteiger partial charge on any atom is -0.279 e. The Morgan fingerprint density at radius 2 is 1.57 bits per heavy atom. The lowest BCUT2D eigenvalue weighted by Gasteiger charge is -2.16. The number of hydrogen-bond donors (Lipinski definition) is 1. The SMILES string of the molecule is CC(/C=N/Nc1ccccc1)CN1C(=O)c2ccccc2C1=O. The zero-order valence-electron chi connectivity index (χ0n) is 12.8. The van der Waals surface area contributed by atoms with Gasteiger partial charge in [0.05, 0.1) is 16.8 Å². The van der Waals surface area contributed by atoms with Gasteiger partial charge < -0.3 is 0 Å². The fourth-order valence-corrected chi connectivity index (χ4v) is 2.49. The maximum absolute atomic E-state index is 12.3. The van der Waals surface area contributed by atoms with Gasteiger partial charge >= 0.3 is 0 Å². The van der Waals surface area contributed by atoms with E-state index in [0.717, 1.165) is 5.69 Å². The Bertz CT molecular complexity index is 721. The molecule has 1 aliphatic heterocycles. The maximum Gasteiger partial charge on any atom is 0.261 e. The molecule has 3 rings (SSSR count). The quantitative estimate of drug-likeness (QED) is 0.525. The average Bonchev–Trinajstić information content (AvgIpc) is 2.81. The van der Waals surface area contributed by atoms with Crippen molar-refractivity contribution >= 4 is 23.7 Å². The van der Waals surface area contributed by atoms with Crippen molar-refractivity contribution in [1.82, 2.24) is 4.90 Å². The molecule has 0 saturated heterocycles. The Morgan fingerprint density at radius 3 is 2.17 bits per heavy atom. The van der Waals surface area contributed by atoms with Crippen molar-refractivity contribution in [2.45, 2.75) is 6.92 Å². The standard InChI is InChI=1S/C18H17N3O2/c1-13(11-19-20-14-7-3-2-4-8-14)12-21-17(22)15-9-5-6-10-16(15)18(21)23/h2-11,13,20H,12H2,1H3/b19-11+. The van der Waals surface area contributed by atoms with Crippen molar-refractivity contribution in [2.24, 2.45) is 11.0 Å². The smallest absolute Gasteiger partial charge is 0.261 e. The number of rotatable bonds is 5. The van der Waals surface area contributed by atoms with Crippen LogP contribution in [0.1, 0.15) is 27.6 Å². The number of hydrogen-bond acceptors (Lipinski definition) is 4. The van der Waals surface area contributed by atoms with Crippen molar-refractivity contribution in [1.29, 1.82) is 0 Å². The lowest BCUT2D eigenvalue weighted by molar-refractivity contribution is 0.0645. The number of para-hydroxylation sites is 1. The number of carbonyl (C=O) groups is 2. The summed E-state index contributed by atoms with van der Waals surface area (Å²) in [4.78, 5) is 25.8. The van der Waals surface area contributed by atoms with E-state index in [1.807, 2.05) is 37.3 Å². The van der Waals surface area contributed by atoms with E-state index in [-0.39, 0.29) is 17.7 Å². The van der Waals surface area contributed by atoms with E-state index in [1.165, 1.54) is 4.90 Å². The molecule has 1 aliphatic rings. The molecular formula is C18H17N3O2. The molecule has 1 heterocycles. The Morgan fingerprint density at radius 1 is 1.00 bits per heavy atom. The molecule has 2 aromatic rings. The van der Waals surface area contributed by atoms with Crippen LogP contribution in [0.25, 0.3) is 0 Å². The minimum atomic E-state index is -0.234. The van der Waals surface area contributed by atoms with Gasteiger partial charge in [-0.15, -0.1) is 0 Å². The van der Waals surface area contributed by atoms with Crippen LogP contribution in [0, 0.1) is 5.92 Å². The number of imide groups is 1. The van der Waals surface area contributed by atoms with Gasteiger partial charge in [0, 0.05) is 18.7 Å². The largest absolute Gasteiger partial charge is 0.279 e. The highest BCUT2D eigenvalue weighted by molar-refractivity contribution is 6.21. The molecule has 0 aromatic heterocycles. The van der Waals surface area contributed by atoms with Crippen LogP contribution in [0.4, 0.5) is 5.69 Å². The van der Waals surface area contributed by atoms with Crippen molar-refractivity contribution in [3.05, 3.63) is 65.7 Å². The summed E-state index contributed by atoms with van der Waals surface area (Å²) in [5.41, 5.74) is 4.76. The molecule has 0 aliphatic carbocycles. The maximum atomic E-state index is 12.3. The number of nitrogens with one attached hydrogen (secondary N) is 1. The van der Waals surface area contributed by atoms with Gasteiger partial charge in [0.1, 0.15) is 0 Å². The lowest BCUT2D eigenvalue weighted by atomic mass is 10.1. The van der Waals surface area contributed by atoms with Crippen LogP contribution >= 0.6 is 0 Å². The van der Waals surface area contributed by atoms with Gasteiger partial charge in [-0.1, -0.05) is 37.3 Å². The second-order valence-electron chi connectivity index (χ2n) is 5.50. The Balaban J connectivity index is 1.62. The zero-order valence-corrected chi connectivity index (χ0v) is 12.8. The van der Waals surface area contributed by atoms with Crippen LogP contribution in [0.3, 0.4) is 0 Å². The molecule has 5 nitrogen and oxygen atoms in total. The third kappa shape index (κ3) is 3.13. The number of carbonyl (C=O) groups excluding carboxylic acids is 2. The fourth-order valence-electron chi connectivity index (χ4n) is 2.49. The number of anilines is 1. The Hall–Kier alpha value is -2.95. The van der Waals surface area contributed by atoms with Crippen LogP contribution in [-0.2, 0) is 0 Å². The fraction of sp³-hybridized carbons (Fsp3) is 0.167. The monoisotopic (exact) mass is 307 g/mol. The highest BCUT2D eigenvalue weighted by Gasteiger charge is 2.35. The van der Waals surface area contributed by atoms with E-state index >= 15 is 0 Å². The highest BCUT2D eigenvalue weighted by atomic mass is 16.2. The number of hydrazone groups is 1. The molecule has 0 radical (unpaired) electrons. The molecular weight excluding hydrogens is 290 g/mol. The summed E-state index contributed by atoms with van der Waals surface area (Å²) in [6.45, 7) is 2.23. The second-order valence-corrected chi connectivity index (χ2v) is 5.50. The molecule has 2 aromatic carbocycles. The van der Waals surface area contributed by atoms with Crippen molar-refractivity contribution in [3.63, 3.8) is 0 Å². The number of benzene rings is 2. The molecule has 23 heavy (non-hydrogen) atoms. The molecule has 0 bridgehead atoms. The van der Waals surface area contributed by atoms with Gasteiger partial charge in [-0.2, -0.15) is 5.10 Å². The summed E-state index contributed by atoms with van der Waals surface area (Å²) >= 11 is 0. The predicted octanol–water partition coefficient (Wildman–Crippen LogP) is 3.02. The number of nitrogens with zero attached hydrogens (tertiary/aromatic N) is 2. The Labute approximate surface area is 134 Å². The molecule has 1 atom stereocenters. The summed E-state index contributed by atoms with van der Waals surface area (Å²) in [6, 6.07) is 16.5. The molecule has 5 heteroatoms. The Kier molecular flexibility index (Phi) is 4.19. The normalized spacial score (nSPS) is 15.1. The van der Waals surface area contributed by atoms with Gasteiger partial charge in [-0.25, -0.2) is 0 Å². The molecule has 2 amide bonds. The minimum absolute atomic E-state index is 0.0478. The topological polar surface area (TPSA) is 61.8 Å². The summed E-state index contributed by atoms with van der Waals surface area (Å²) < 4.78 is 0. The summed E-state index contributed by atoms with van der Waals surface area (Å²) in [5, 5.41) is 4.16. The van der Waals surface area contributed by atoms with E-state index in [9.17, 15) is 9.59 Å². The summed E-state index contributed by atoms with van der Waals surface area (Å²) in [6.07, 6.45) is 1.70. The van der Waals surface area contributed by atoms with Gasteiger partial charge in [0.2, 0.25) is 0 Å². The molecule has 0 fully saturated rings. The van der Waals surface area contributed by atoms with Gasteiger partial charge in [0.25, 0.3) is 11.8 Å². The van der Waals surface area contributed by atoms with Gasteiger partial charge in [-0.05, 0) is 24.3 Å². The van der Waals surface area contributed by atoms with Crippen LogP contribution < -0.4 is 5.43 Å². The third-order valence-corrected chi connectivity index (χ3v) is 3.65. The molecule has 0 saturated carbocycles. The first-order valence-electron chi connectivity index (χ1n) is 7.46. The molecule has 1 unspecified atom stereocenters. The highest BCUT2D eigenvalue weighted by Crippen LogP contribution is 2.23. The molecule has 1 N–H and O–H groups in total. The third-order valence-electron chi connectivity index (χ3n) is 3.65. The van der Waals surface area contributed by atoms with Crippen LogP contribution in [0.5, 0.6) is 0 Å². The van der Waals surface area contributed by atoms with Crippen molar-refractivity contribution in [2.75, 3.05) is 12.0 Å². The second kappa shape index (κ2) is 6.44. The molecule has 0 spiro atoms. The van der Waals surface area contributed by atoms with E-state index in [0.29, 0.717) is 17.7 Å². The summed E-state index contributed by atoms with van der Waals surface area (Å²) in [5.74, 6) is -0.517. The van der Waals surface area contributed by atoms with E-state index in [4.69, 9.17) is 0 Å². The van der Waals surface area contributed by atoms with Crippen molar-refractivity contribution < 1.29 is 9.59 Å². The van der Waals surface area contributed by atoms with Gasteiger partial charge in [-0.3, -0.25) is 19.9 Å². The first kappa shape index (κ1) is 15.0. The van der Waals surface area contributed by atoms with E-state index < -0.39 is 0 Å². The van der Waals surface area contributed by atoms with Crippen LogP contribution in [-0.4, -0.2) is 29.5 Å². The van der Waals surface area contributed by atoms with Crippen LogP contribution in [0.2, 0.25) is 0 Å². The lowest BCUT2D eigenvalue weighted by Crippen LogP contribution is -2.34. The van der Waals surface area contributed by atoms with Crippen molar-refractivity contribution in [3.8, 4) is 0 Å². The van der Waals surface area contributed by atoms with E-state index in [1.54, 1.807) is 30.5 Å². The zero-order chi connectivity index (χ0) is 16.2. The average molecular weight is 307 g/mol. The molecule has 116 valence electrons. The first-order chi connectivity index (χ1) is 11.2. The first-order valence-corrected chi connectivity index (χ1v) is 7.46. The number of fused-ring (bicyclic) bond motifs is 1. The predicted molar refractivity (Wildman–Crippen MR) is 89.5 cm³/mol. The van der Waals surface area contributed by atoms with E-state index in [2.05, 4.69) is 10.5 Å².